The molecule has 0 atom stereocenters. The summed E-state index contributed by atoms with van der Waals surface area (Å²) in [6.07, 6.45) is 4.20. The number of ether oxygens (including phenoxy) is 1. The number of fused-ring (bicyclic) bond motifs is 1. The molecule has 8 heteroatoms. The van der Waals surface area contributed by atoms with Crippen LogP contribution in [0.25, 0.3) is 5.65 Å². The minimum Gasteiger partial charge on any atom is -0.496 e. The highest BCUT2D eigenvalue weighted by atomic mass is 16.5. The molecule has 0 saturated heterocycles. The van der Waals surface area contributed by atoms with Gasteiger partial charge in [0.05, 0.1) is 18.9 Å². The first-order valence-corrected chi connectivity index (χ1v) is 6.72. The van der Waals surface area contributed by atoms with E-state index < -0.39 is 5.91 Å². The summed E-state index contributed by atoms with van der Waals surface area (Å²) in [5.41, 5.74) is 7.49. The van der Waals surface area contributed by atoms with Crippen LogP contribution in [0.2, 0.25) is 0 Å². The molecule has 2 heterocycles. The molecule has 0 spiro atoms. The standard InChI is InChI=1S/C15H14N6O2/c1-23-12-6-11(17)9(7-16)5-10(12)15(22)20-14-8-18-13-3-2-4-19-21(13)14/h2-8,16H,17H2,1H3,(H,20,22). The highest BCUT2D eigenvalue weighted by Gasteiger charge is 2.17. The van der Waals surface area contributed by atoms with E-state index in [4.69, 9.17) is 15.9 Å². The molecule has 2 aromatic heterocycles. The van der Waals surface area contributed by atoms with E-state index in [9.17, 15) is 4.79 Å². The van der Waals surface area contributed by atoms with Gasteiger partial charge in [-0.25, -0.2) is 4.98 Å². The number of nitrogens with two attached hydrogens (primary N) is 1. The van der Waals surface area contributed by atoms with Crippen molar-refractivity contribution < 1.29 is 9.53 Å². The lowest BCUT2D eigenvalue weighted by Gasteiger charge is -2.11. The minimum absolute atomic E-state index is 0.270. The van der Waals surface area contributed by atoms with Crippen LogP contribution in [-0.4, -0.2) is 33.8 Å². The quantitative estimate of drug-likeness (QED) is 0.499. The number of nitrogens with one attached hydrogen (secondary N) is 2. The first-order chi connectivity index (χ1) is 11.1. The number of aromatic nitrogens is 3. The average Bonchev–Trinajstić information content (AvgIpc) is 2.97. The number of anilines is 2. The van der Waals surface area contributed by atoms with Gasteiger partial charge in [-0.15, -0.1) is 0 Å². The molecule has 0 bridgehead atoms. The largest absolute Gasteiger partial charge is 0.496 e. The summed E-state index contributed by atoms with van der Waals surface area (Å²) in [6, 6.07) is 6.56. The van der Waals surface area contributed by atoms with Crippen LogP contribution < -0.4 is 15.8 Å². The molecule has 23 heavy (non-hydrogen) atoms. The summed E-state index contributed by atoms with van der Waals surface area (Å²) < 4.78 is 6.71. The van der Waals surface area contributed by atoms with Crippen molar-refractivity contribution in [3.05, 3.63) is 47.8 Å². The molecule has 3 rings (SSSR count). The Morgan fingerprint density at radius 3 is 3.04 bits per heavy atom. The van der Waals surface area contributed by atoms with Crippen molar-refractivity contribution in [2.75, 3.05) is 18.2 Å². The lowest BCUT2D eigenvalue weighted by atomic mass is 10.1. The van der Waals surface area contributed by atoms with E-state index in [1.807, 2.05) is 0 Å². The minimum atomic E-state index is -0.405. The molecule has 1 amide bonds. The van der Waals surface area contributed by atoms with Crippen LogP contribution >= 0.6 is 0 Å². The van der Waals surface area contributed by atoms with Crippen LogP contribution in [0.5, 0.6) is 5.75 Å². The zero-order valence-corrected chi connectivity index (χ0v) is 12.3. The molecule has 0 radical (unpaired) electrons. The second kappa shape index (κ2) is 5.76. The van der Waals surface area contributed by atoms with Gasteiger partial charge in [-0.2, -0.15) is 9.61 Å². The van der Waals surface area contributed by atoms with Crippen molar-refractivity contribution in [1.82, 2.24) is 14.6 Å². The number of carbonyl (C=O) groups excluding carboxylic acids is 1. The number of benzene rings is 1. The number of methoxy groups -OCH3 is 1. The Kier molecular flexibility index (Phi) is 3.63. The van der Waals surface area contributed by atoms with Gasteiger partial charge >= 0.3 is 0 Å². The third kappa shape index (κ3) is 2.57. The topological polar surface area (TPSA) is 118 Å². The number of hydrogen-bond acceptors (Lipinski definition) is 6. The van der Waals surface area contributed by atoms with E-state index in [0.29, 0.717) is 28.5 Å². The molecule has 1 aromatic carbocycles. The summed E-state index contributed by atoms with van der Waals surface area (Å²) in [5.74, 6) is 0.352. The highest BCUT2D eigenvalue weighted by molar-refractivity contribution is 6.07. The Hall–Kier alpha value is -3.42. The first-order valence-electron chi connectivity index (χ1n) is 6.72. The molecular formula is C15H14N6O2. The number of amides is 1. The van der Waals surface area contributed by atoms with Gasteiger partial charge in [0.2, 0.25) is 0 Å². The van der Waals surface area contributed by atoms with Crippen LogP contribution in [0.1, 0.15) is 15.9 Å². The van der Waals surface area contributed by atoms with Gasteiger partial charge in [0.25, 0.3) is 5.91 Å². The number of nitrogen functional groups attached to an aromatic ring is 1. The van der Waals surface area contributed by atoms with Gasteiger partial charge in [0.15, 0.2) is 11.5 Å². The first kappa shape index (κ1) is 14.5. The highest BCUT2D eigenvalue weighted by Crippen LogP contribution is 2.25. The fraction of sp³-hybridized carbons (Fsp3) is 0.0667. The summed E-state index contributed by atoms with van der Waals surface area (Å²) in [4.78, 5) is 16.7. The molecule has 0 saturated carbocycles. The number of nitrogens with zero attached hydrogens (tertiary/aromatic N) is 3. The van der Waals surface area contributed by atoms with Crippen LogP contribution in [0, 0.1) is 5.41 Å². The maximum Gasteiger partial charge on any atom is 0.260 e. The molecular weight excluding hydrogens is 296 g/mol. The van der Waals surface area contributed by atoms with Crippen LogP contribution in [-0.2, 0) is 0 Å². The van der Waals surface area contributed by atoms with E-state index in [1.54, 1.807) is 18.3 Å². The Labute approximate surface area is 131 Å². The van der Waals surface area contributed by atoms with Crippen LogP contribution in [0.3, 0.4) is 0 Å². The second-order valence-corrected chi connectivity index (χ2v) is 4.72. The van der Waals surface area contributed by atoms with Gasteiger partial charge in [-0.1, -0.05) is 0 Å². The Bertz CT molecular complexity index is 902. The van der Waals surface area contributed by atoms with Crippen molar-refractivity contribution in [3.8, 4) is 5.75 Å². The van der Waals surface area contributed by atoms with Crippen LogP contribution in [0.15, 0.2) is 36.7 Å². The van der Waals surface area contributed by atoms with Gasteiger partial charge in [0.1, 0.15) is 5.75 Å². The third-order valence-corrected chi connectivity index (χ3v) is 3.32. The van der Waals surface area contributed by atoms with Gasteiger partial charge in [0, 0.05) is 29.7 Å². The van der Waals surface area contributed by atoms with Gasteiger partial charge in [-0.05, 0) is 18.2 Å². The molecule has 0 unspecified atom stereocenters. The Morgan fingerprint density at radius 1 is 1.48 bits per heavy atom. The smallest absolute Gasteiger partial charge is 0.260 e. The zero-order valence-electron chi connectivity index (χ0n) is 12.3. The number of hydrogen-bond donors (Lipinski definition) is 3. The normalized spacial score (nSPS) is 10.5. The maximum atomic E-state index is 12.5. The predicted octanol–water partition coefficient (Wildman–Crippen LogP) is 1.57. The van der Waals surface area contributed by atoms with Crippen molar-refractivity contribution in [3.63, 3.8) is 0 Å². The maximum absolute atomic E-state index is 12.5. The molecule has 0 aliphatic carbocycles. The van der Waals surface area contributed by atoms with Crippen molar-refractivity contribution in [2.24, 2.45) is 0 Å². The Morgan fingerprint density at radius 2 is 2.30 bits per heavy atom. The average molecular weight is 310 g/mol. The number of rotatable bonds is 4. The summed E-state index contributed by atoms with van der Waals surface area (Å²) in [5, 5.41) is 14.2. The van der Waals surface area contributed by atoms with E-state index in [0.717, 1.165) is 6.21 Å². The van der Waals surface area contributed by atoms with Crippen molar-refractivity contribution in [1.29, 1.82) is 5.41 Å². The number of carbonyl (C=O) groups is 1. The molecule has 116 valence electrons. The number of imidazole rings is 1. The van der Waals surface area contributed by atoms with Gasteiger partial charge in [-0.3, -0.25) is 4.79 Å². The van der Waals surface area contributed by atoms with Crippen molar-refractivity contribution in [2.45, 2.75) is 0 Å². The van der Waals surface area contributed by atoms with Gasteiger partial charge < -0.3 is 21.2 Å². The fourth-order valence-corrected chi connectivity index (χ4v) is 2.18. The Balaban J connectivity index is 1.98. The SMILES string of the molecule is COc1cc(N)c(C=N)cc1C(=O)Nc1cnc2cccnn12. The summed E-state index contributed by atoms with van der Waals surface area (Å²) in [7, 11) is 1.45. The predicted molar refractivity (Wildman–Crippen MR) is 86.2 cm³/mol. The van der Waals surface area contributed by atoms with E-state index in [-0.39, 0.29) is 5.56 Å². The van der Waals surface area contributed by atoms with E-state index in [1.165, 1.54) is 30.0 Å². The molecule has 8 nitrogen and oxygen atoms in total. The molecule has 4 N–H and O–H groups in total. The monoisotopic (exact) mass is 310 g/mol. The van der Waals surface area contributed by atoms with Crippen molar-refractivity contribution >= 4 is 29.3 Å². The summed E-state index contributed by atoms with van der Waals surface area (Å²) >= 11 is 0. The molecule has 0 fully saturated rings. The van der Waals surface area contributed by atoms with E-state index >= 15 is 0 Å². The fourth-order valence-electron chi connectivity index (χ4n) is 2.18. The second-order valence-electron chi connectivity index (χ2n) is 4.72. The molecule has 0 aliphatic heterocycles. The lowest BCUT2D eigenvalue weighted by Crippen LogP contribution is -2.16. The third-order valence-electron chi connectivity index (χ3n) is 3.32. The van der Waals surface area contributed by atoms with E-state index in [2.05, 4.69) is 15.4 Å². The molecule has 3 aromatic rings. The zero-order chi connectivity index (χ0) is 16.4. The molecule has 0 aliphatic rings. The lowest BCUT2D eigenvalue weighted by molar-refractivity contribution is 0.102. The van der Waals surface area contributed by atoms with Crippen LogP contribution in [0.4, 0.5) is 11.5 Å². The summed E-state index contributed by atoms with van der Waals surface area (Å²) in [6.45, 7) is 0.